The van der Waals surface area contributed by atoms with Gasteiger partial charge < -0.3 is 0 Å². The van der Waals surface area contributed by atoms with E-state index in [1.165, 1.54) is 12.0 Å². The number of carbonyl (C=O) groups is 1. The number of benzene rings is 1. The Balaban J connectivity index is 1.73. The normalized spacial score (nSPS) is 21.0. The van der Waals surface area contributed by atoms with E-state index in [1.807, 2.05) is 6.07 Å². The van der Waals surface area contributed by atoms with Crippen molar-refractivity contribution in [3.63, 3.8) is 0 Å². The summed E-state index contributed by atoms with van der Waals surface area (Å²) in [7, 11) is 0. The van der Waals surface area contributed by atoms with Gasteiger partial charge in [0, 0.05) is 12.3 Å². The van der Waals surface area contributed by atoms with E-state index in [0.29, 0.717) is 11.7 Å². The molecule has 1 aliphatic rings. The summed E-state index contributed by atoms with van der Waals surface area (Å²) in [6.07, 6.45) is 7.69. The lowest BCUT2D eigenvalue weighted by Crippen LogP contribution is -2.18. The molecule has 0 aromatic heterocycles. The lowest BCUT2D eigenvalue weighted by molar-refractivity contribution is -0.124. The van der Waals surface area contributed by atoms with E-state index in [4.69, 9.17) is 0 Å². The van der Waals surface area contributed by atoms with E-state index in [-0.39, 0.29) is 0 Å². The highest BCUT2D eigenvalue weighted by atomic mass is 16.1. The number of ketones is 1. The highest BCUT2D eigenvalue weighted by Crippen LogP contribution is 2.25. The molecule has 86 valence electrons. The van der Waals surface area contributed by atoms with Crippen LogP contribution in [0.3, 0.4) is 0 Å². The van der Waals surface area contributed by atoms with Gasteiger partial charge in [0.2, 0.25) is 0 Å². The minimum atomic E-state index is 0.373. The van der Waals surface area contributed by atoms with Crippen LogP contribution >= 0.6 is 0 Å². The number of aryl methyl sites for hydroxylation is 1. The first-order valence-corrected chi connectivity index (χ1v) is 6.43. The molecule has 1 nitrogen and oxygen atoms in total. The second kappa shape index (κ2) is 5.83. The molecule has 0 unspecified atom stereocenters. The van der Waals surface area contributed by atoms with Gasteiger partial charge in [-0.2, -0.15) is 0 Å². The molecule has 0 saturated heterocycles. The van der Waals surface area contributed by atoms with Crippen molar-refractivity contribution in [1.82, 2.24) is 0 Å². The number of Topliss-reactive ketones (excluding diaryl/α,β-unsaturated/α-hetero) is 1. The van der Waals surface area contributed by atoms with E-state index >= 15 is 0 Å². The summed E-state index contributed by atoms with van der Waals surface area (Å²) in [4.78, 5) is 11.6. The van der Waals surface area contributed by atoms with Crippen LogP contribution in [0.1, 0.15) is 44.1 Å². The number of rotatable bonds is 4. The molecule has 0 radical (unpaired) electrons. The van der Waals surface area contributed by atoms with E-state index in [1.54, 1.807) is 0 Å². The van der Waals surface area contributed by atoms with Gasteiger partial charge in [0.05, 0.1) is 0 Å². The van der Waals surface area contributed by atoms with Crippen molar-refractivity contribution in [3.05, 3.63) is 35.9 Å². The van der Waals surface area contributed by atoms with Crippen molar-refractivity contribution >= 4 is 5.78 Å². The Morgan fingerprint density at radius 1 is 1.12 bits per heavy atom. The third-order valence-corrected chi connectivity index (χ3v) is 3.54. The molecule has 1 aromatic carbocycles. The zero-order valence-corrected chi connectivity index (χ0v) is 9.82. The van der Waals surface area contributed by atoms with Crippen LogP contribution in [-0.4, -0.2) is 5.78 Å². The van der Waals surface area contributed by atoms with Crippen LogP contribution in [0.25, 0.3) is 0 Å². The summed E-state index contributed by atoms with van der Waals surface area (Å²) >= 11 is 0. The molecule has 1 aliphatic carbocycles. The average Bonchev–Trinajstić information content (AvgIpc) is 2.33. The van der Waals surface area contributed by atoms with Crippen molar-refractivity contribution in [1.29, 1.82) is 0 Å². The zero-order chi connectivity index (χ0) is 11.2. The third kappa shape index (κ3) is 3.19. The first-order chi connectivity index (χ1) is 7.86. The maximum atomic E-state index is 11.6. The first kappa shape index (κ1) is 11.4. The van der Waals surface area contributed by atoms with Gasteiger partial charge in [-0.15, -0.1) is 0 Å². The largest absolute Gasteiger partial charge is 0.299 e. The standard InChI is InChI=1S/C15H20O/c16-15-12-5-4-10-14(15)11-6-9-13-7-2-1-3-8-13/h1-3,7-8,14H,4-6,9-12H2/t14-/m0/s1. The van der Waals surface area contributed by atoms with Crippen molar-refractivity contribution < 1.29 is 4.79 Å². The van der Waals surface area contributed by atoms with E-state index in [9.17, 15) is 4.79 Å². The number of carbonyl (C=O) groups excluding carboxylic acids is 1. The van der Waals surface area contributed by atoms with Crippen molar-refractivity contribution in [3.8, 4) is 0 Å². The molecule has 0 bridgehead atoms. The number of hydrogen-bond donors (Lipinski definition) is 0. The molecule has 1 aromatic rings. The topological polar surface area (TPSA) is 17.1 Å². The van der Waals surface area contributed by atoms with Crippen LogP contribution in [0.15, 0.2) is 30.3 Å². The Kier molecular flexibility index (Phi) is 4.15. The second-order valence-electron chi connectivity index (χ2n) is 4.79. The molecule has 0 heterocycles. The number of hydrogen-bond acceptors (Lipinski definition) is 1. The van der Waals surface area contributed by atoms with Gasteiger partial charge in [0.25, 0.3) is 0 Å². The fraction of sp³-hybridized carbons (Fsp3) is 0.533. The van der Waals surface area contributed by atoms with Crippen LogP contribution in [-0.2, 0) is 11.2 Å². The lowest BCUT2D eigenvalue weighted by atomic mass is 9.84. The van der Waals surface area contributed by atoms with Gasteiger partial charge in [-0.1, -0.05) is 36.8 Å². The zero-order valence-electron chi connectivity index (χ0n) is 9.82. The van der Waals surface area contributed by atoms with Gasteiger partial charge in [0.15, 0.2) is 0 Å². The van der Waals surface area contributed by atoms with Gasteiger partial charge in [-0.25, -0.2) is 0 Å². The quantitative estimate of drug-likeness (QED) is 0.748. The molecule has 1 heteroatoms. The first-order valence-electron chi connectivity index (χ1n) is 6.43. The van der Waals surface area contributed by atoms with E-state index in [2.05, 4.69) is 24.3 Å². The molecule has 0 amide bonds. The lowest BCUT2D eigenvalue weighted by Gasteiger charge is -2.20. The summed E-state index contributed by atoms with van der Waals surface area (Å²) in [5.41, 5.74) is 1.39. The summed E-state index contributed by atoms with van der Waals surface area (Å²) in [5.74, 6) is 0.886. The molecule has 0 N–H and O–H groups in total. The highest BCUT2D eigenvalue weighted by Gasteiger charge is 2.21. The third-order valence-electron chi connectivity index (χ3n) is 3.54. The van der Waals surface area contributed by atoms with Crippen LogP contribution in [0.5, 0.6) is 0 Å². The van der Waals surface area contributed by atoms with Gasteiger partial charge in [0.1, 0.15) is 5.78 Å². The molecule has 2 rings (SSSR count). The van der Waals surface area contributed by atoms with Gasteiger partial charge in [-0.3, -0.25) is 4.79 Å². The van der Waals surface area contributed by atoms with Gasteiger partial charge in [-0.05, 0) is 37.7 Å². The average molecular weight is 216 g/mol. The minimum Gasteiger partial charge on any atom is -0.299 e. The molecule has 0 aliphatic heterocycles. The Morgan fingerprint density at radius 2 is 1.94 bits per heavy atom. The Morgan fingerprint density at radius 3 is 2.69 bits per heavy atom. The fourth-order valence-electron chi connectivity index (χ4n) is 2.56. The van der Waals surface area contributed by atoms with E-state index in [0.717, 1.165) is 38.5 Å². The van der Waals surface area contributed by atoms with Crippen LogP contribution in [0.2, 0.25) is 0 Å². The predicted molar refractivity (Wildman–Crippen MR) is 66.3 cm³/mol. The van der Waals surface area contributed by atoms with Crippen molar-refractivity contribution in [2.45, 2.75) is 44.9 Å². The predicted octanol–water partition coefficient (Wildman–Crippen LogP) is 3.77. The fourth-order valence-corrected chi connectivity index (χ4v) is 2.56. The Bertz CT molecular complexity index is 329. The summed E-state index contributed by atoms with van der Waals surface area (Å²) in [6.45, 7) is 0. The maximum absolute atomic E-state index is 11.6. The van der Waals surface area contributed by atoms with E-state index < -0.39 is 0 Å². The molecule has 16 heavy (non-hydrogen) atoms. The van der Waals surface area contributed by atoms with Gasteiger partial charge >= 0.3 is 0 Å². The summed E-state index contributed by atoms with van der Waals surface area (Å²) < 4.78 is 0. The minimum absolute atomic E-state index is 0.373. The van der Waals surface area contributed by atoms with Crippen LogP contribution in [0.4, 0.5) is 0 Å². The molecule has 1 atom stereocenters. The van der Waals surface area contributed by atoms with Crippen LogP contribution in [0, 0.1) is 5.92 Å². The SMILES string of the molecule is O=C1CCCC[C@H]1CCCc1ccccc1. The maximum Gasteiger partial charge on any atom is 0.135 e. The summed E-state index contributed by atoms with van der Waals surface area (Å²) in [5, 5.41) is 0. The highest BCUT2D eigenvalue weighted by molar-refractivity contribution is 5.81. The molecule has 0 spiro atoms. The smallest absolute Gasteiger partial charge is 0.135 e. The Labute approximate surface area is 97.9 Å². The molecule has 1 saturated carbocycles. The second-order valence-corrected chi connectivity index (χ2v) is 4.79. The van der Waals surface area contributed by atoms with Crippen molar-refractivity contribution in [2.24, 2.45) is 5.92 Å². The molecular formula is C15H20O. The Hall–Kier alpha value is -1.11. The van der Waals surface area contributed by atoms with Crippen molar-refractivity contribution in [2.75, 3.05) is 0 Å². The summed E-state index contributed by atoms with van der Waals surface area (Å²) in [6, 6.07) is 10.6. The molecule has 1 fully saturated rings. The van der Waals surface area contributed by atoms with Crippen LogP contribution < -0.4 is 0 Å². The molecular weight excluding hydrogens is 196 g/mol. The monoisotopic (exact) mass is 216 g/mol.